The minimum atomic E-state index is -0.438. The highest BCUT2D eigenvalue weighted by Crippen LogP contribution is 2.25. The van der Waals surface area contributed by atoms with E-state index in [1.807, 2.05) is 0 Å². The Kier molecular flexibility index (Phi) is 10.8. The lowest BCUT2D eigenvalue weighted by Gasteiger charge is -2.12. The van der Waals surface area contributed by atoms with E-state index in [1.165, 1.54) is 20.0 Å². The van der Waals surface area contributed by atoms with Crippen molar-refractivity contribution in [3.8, 4) is 11.5 Å². The van der Waals surface area contributed by atoms with Crippen LogP contribution in [-0.4, -0.2) is 30.6 Å². The lowest BCUT2D eigenvalue weighted by molar-refractivity contribution is -0.124. The molecule has 0 bridgehead atoms. The Morgan fingerprint density at radius 3 is 2.38 bits per heavy atom. The fourth-order valence-corrected chi connectivity index (χ4v) is 2.32. The molecule has 0 aliphatic rings. The summed E-state index contributed by atoms with van der Waals surface area (Å²) in [6, 6.07) is 7.02. The third-order valence-corrected chi connectivity index (χ3v) is 3.71. The van der Waals surface area contributed by atoms with E-state index in [0.717, 1.165) is 19.3 Å². The quantitative estimate of drug-likeness (QED) is 0.328. The first kappa shape index (κ1) is 21.7. The molecule has 0 spiro atoms. The highest BCUT2D eigenvalue weighted by molar-refractivity contribution is 7.80. The van der Waals surface area contributed by atoms with Gasteiger partial charge in [0.25, 0.3) is 5.91 Å². The molecule has 144 valence electrons. The summed E-state index contributed by atoms with van der Waals surface area (Å²) in [5, 5.41) is 2.57. The van der Waals surface area contributed by atoms with Gasteiger partial charge in [-0.3, -0.25) is 20.4 Å². The Hall–Kier alpha value is -2.35. The molecule has 7 nitrogen and oxygen atoms in total. The molecule has 8 heteroatoms. The van der Waals surface area contributed by atoms with Gasteiger partial charge in [-0.25, -0.2) is 0 Å². The van der Waals surface area contributed by atoms with Crippen LogP contribution in [-0.2, 0) is 9.59 Å². The SMILES string of the molecule is CCCCCCCC(=O)NC(=S)NNC(=O)COc1ccccc1OC. The number of para-hydroxylation sites is 2. The molecule has 0 fully saturated rings. The summed E-state index contributed by atoms with van der Waals surface area (Å²) in [6.45, 7) is 1.92. The molecule has 0 unspecified atom stereocenters. The van der Waals surface area contributed by atoms with Crippen molar-refractivity contribution >= 4 is 29.1 Å². The molecule has 0 atom stereocenters. The van der Waals surface area contributed by atoms with Crippen molar-refractivity contribution in [2.24, 2.45) is 0 Å². The van der Waals surface area contributed by atoms with Crippen molar-refractivity contribution < 1.29 is 19.1 Å². The van der Waals surface area contributed by atoms with Gasteiger partial charge >= 0.3 is 0 Å². The van der Waals surface area contributed by atoms with E-state index in [9.17, 15) is 9.59 Å². The Balaban J connectivity index is 2.19. The standard InChI is InChI=1S/C18H27N3O4S/c1-3-4-5-6-7-12-16(22)19-18(26)21-20-17(23)13-25-15-11-9-8-10-14(15)24-2/h8-11H,3-7,12-13H2,1-2H3,(H,20,23)(H2,19,21,22,26). The van der Waals surface area contributed by atoms with Crippen LogP contribution in [0.1, 0.15) is 45.4 Å². The van der Waals surface area contributed by atoms with Crippen molar-refractivity contribution in [1.82, 2.24) is 16.2 Å². The van der Waals surface area contributed by atoms with E-state index in [1.54, 1.807) is 24.3 Å². The molecule has 0 saturated heterocycles. The smallest absolute Gasteiger partial charge is 0.276 e. The van der Waals surface area contributed by atoms with Crippen molar-refractivity contribution in [2.45, 2.75) is 45.4 Å². The van der Waals surface area contributed by atoms with Crippen molar-refractivity contribution in [1.29, 1.82) is 0 Å². The topological polar surface area (TPSA) is 88.7 Å². The normalized spacial score (nSPS) is 9.92. The van der Waals surface area contributed by atoms with Gasteiger partial charge in [-0.05, 0) is 30.8 Å². The Morgan fingerprint density at radius 2 is 1.69 bits per heavy atom. The zero-order chi connectivity index (χ0) is 19.2. The molecule has 0 radical (unpaired) electrons. The van der Waals surface area contributed by atoms with Crippen LogP contribution in [0.5, 0.6) is 11.5 Å². The third kappa shape index (κ3) is 9.22. The molecule has 2 amide bonds. The van der Waals surface area contributed by atoms with E-state index in [2.05, 4.69) is 23.1 Å². The second-order valence-corrected chi connectivity index (χ2v) is 6.06. The zero-order valence-corrected chi connectivity index (χ0v) is 16.1. The van der Waals surface area contributed by atoms with E-state index in [-0.39, 0.29) is 17.6 Å². The van der Waals surface area contributed by atoms with Crippen LogP contribution in [0.25, 0.3) is 0 Å². The van der Waals surface area contributed by atoms with Gasteiger partial charge < -0.3 is 14.8 Å². The molecule has 0 aromatic heterocycles. The van der Waals surface area contributed by atoms with Gasteiger partial charge in [-0.1, -0.05) is 44.7 Å². The lowest BCUT2D eigenvalue weighted by Crippen LogP contribution is -2.49. The number of ether oxygens (including phenoxy) is 2. The second-order valence-electron chi connectivity index (χ2n) is 5.65. The number of nitrogens with one attached hydrogen (secondary N) is 3. The number of amides is 2. The van der Waals surface area contributed by atoms with Crippen LogP contribution >= 0.6 is 12.2 Å². The van der Waals surface area contributed by atoms with E-state index >= 15 is 0 Å². The predicted octanol–water partition coefficient (Wildman–Crippen LogP) is 2.46. The van der Waals surface area contributed by atoms with Gasteiger partial charge in [-0.15, -0.1) is 0 Å². The minimum absolute atomic E-state index is 0.0502. The van der Waals surface area contributed by atoms with Gasteiger partial charge in [0.1, 0.15) is 0 Å². The maximum atomic E-state index is 11.8. The van der Waals surface area contributed by atoms with Gasteiger partial charge in [0.2, 0.25) is 5.91 Å². The molecule has 0 aliphatic carbocycles. The molecule has 1 aromatic rings. The number of unbranched alkanes of at least 4 members (excludes halogenated alkanes) is 4. The lowest BCUT2D eigenvalue weighted by atomic mass is 10.1. The molecule has 26 heavy (non-hydrogen) atoms. The summed E-state index contributed by atoms with van der Waals surface area (Å²) < 4.78 is 10.5. The third-order valence-electron chi connectivity index (χ3n) is 3.50. The van der Waals surface area contributed by atoms with Gasteiger partial charge in [0.05, 0.1) is 7.11 Å². The number of thiocarbonyl (C=S) groups is 1. The van der Waals surface area contributed by atoms with E-state index < -0.39 is 5.91 Å². The highest BCUT2D eigenvalue weighted by Gasteiger charge is 2.08. The number of hydrogen-bond donors (Lipinski definition) is 3. The molecule has 0 aliphatic heterocycles. The Morgan fingerprint density at radius 1 is 1.00 bits per heavy atom. The first-order valence-electron chi connectivity index (χ1n) is 8.71. The monoisotopic (exact) mass is 381 g/mol. The van der Waals surface area contributed by atoms with Gasteiger partial charge in [0.15, 0.2) is 23.2 Å². The van der Waals surface area contributed by atoms with Gasteiger partial charge in [0, 0.05) is 6.42 Å². The fourth-order valence-electron chi connectivity index (χ4n) is 2.15. The highest BCUT2D eigenvalue weighted by atomic mass is 32.1. The second kappa shape index (κ2) is 12.9. The van der Waals surface area contributed by atoms with Crippen molar-refractivity contribution in [3.05, 3.63) is 24.3 Å². The first-order chi connectivity index (χ1) is 12.6. The van der Waals surface area contributed by atoms with Crippen LogP contribution in [0.3, 0.4) is 0 Å². The maximum Gasteiger partial charge on any atom is 0.276 e. The summed E-state index contributed by atoms with van der Waals surface area (Å²) in [7, 11) is 1.52. The largest absolute Gasteiger partial charge is 0.493 e. The summed E-state index contributed by atoms with van der Waals surface area (Å²) >= 11 is 4.97. The zero-order valence-electron chi connectivity index (χ0n) is 15.3. The summed E-state index contributed by atoms with van der Waals surface area (Å²) in [6.07, 6.45) is 5.75. The van der Waals surface area contributed by atoms with E-state index in [0.29, 0.717) is 17.9 Å². The van der Waals surface area contributed by atoms with Crippen LogP contribution in [0.15, 0.2) is 24.3 Å². The summed E-state index contributed by atoms with van der Waals surface area (Å²) in [5.74, 6) is 0.393. The minimum Gasteiger partial charge on any atom is -0.493 e. The number of rotatable bonds is 10. The number of benzene rings is 1. The first-order valence-corrected chi connectivity index (χ1v) is 9.12. The van der Waals surface area contributed by atoms with Crippen molar-refractivity contribution in [2.75, 3.05) is 13.7 Å². The van der Waals surface area contributed by atoms with Gasteiger partial charge in [-0.2, -0.15) is 0 Å². The van der Waals surface area contributed by atoms with Crippen LogP contribution in [0.2, 0.25) is 0 Å². The average Bonchev–Trinajstić information content (AvgIpc) is 2.64. The summed E-state index contributed by atoms with van der Waals surface area (Å²) in [5.41, 5.74) is 4.85. The van der Waals surface area contributed by atoms with Crippen LogP contribution in [0.4, 0.5) is 0 Å². The molecule has 3 N–H and O–H groups in total. The number of carbonyl (C=O) groups excluding carboxylic acids is 2. The molecule has 1 aromatic carbocycles. The van der Waals surface area contributed by atoms with Crippen molar-refractivity contribution in [3.63, 3.8) is 0 Å². The fraction of sp³-hybridized carbons (Fsp3) is 0.500. The average molecular weight is 381 g/mol. The predicted molar refractivity (Wildman–Crippen MR) is 104 cm³/mol. The Bertz CT molecular complexity index is 596. The molecule has 1 rings (SSSR count). The van der Waals surface area contributed by atoms with Crippen LogP contribution < -0.4 is 25.6 Å². The molecule has 0 saturated carbocycles. The molecule has 0 heterocycles. The number of methoxy groups -OCH3 is 1. The number of hydrazine groups is 1. The molecular formula is C18H27N3O4S. The number of hydrogen-bond acceptors (Lipinski definition) is 5. The van der Waals surface area contributed by atoms with E-state index in [4.69, 9.17) is 21.7 Å². The number of carbonyl (C=O) groups is 2. The Labute approximate surface area is 159 Å². The maximum absolute atomic E-state index is 11.8. The summed E-state index contributed by atoms with van der Waals surface area (Å²) in [4.78, 5) is 23.5. The van der Waals surface area contributed by atoms with Crippen LogP contribution in [0, 0.1) is 0 Å². The molecular weight excluding hydrogens is 354 g/mol.